The van der Waals surface area contributed by atoms with Crippen LogP contribution in [0, 0.1) is 5.92 Å². The molecule has 3 aliphatic rings. The normalized spacial score (nSPS) is 21.0. The largest absolute Gasteiger partial charge is 0.496 e. The molecule has 1 spiro atoms. The zero-order chi connectivity index (χ0) is 34.1. The Bertz CT molecular complexity index is 2070. The van der Waals surface area contributed by atoms with E-state index in [1.165, 1.54) is 52.1 Å². The Hall–Kier alpha value is -5.24. The van der Waals surface area contributed by atoms with Crippen molar-refractivity contribution in [3.8, 4) is 28.7 Å². The van der Waals surface area contributed by atoms with Crippen molar-refractivity contribution in [1.82, 2.24) is 9.13 Å². The maximum atomic E-state index is 15.0. The van der Waals surface area contributed by atoms with Gasteiger partial charge in [0.05, 0.1) is 26.9 Å². The molecule has 1 aromatic heterocycles. The van der Waals surface area contributed by atoms with Crippen LogP contribution in [0.4, 0.5) is 5.82 Å². The molecule has 0 radical (unpaired) electrons. The van der Waals surface area contributed by atoms with Crippen LogP contribution < -0.4 is 46.0 Å². The molecule has 14 nitrogen and oxygen atoms in total. The Morgan fingerprint density at radius 1 is 1.00 bits per heavy atom. The second-order valence-electron chi connectivity index (χ2n) is 11.5. The highest BCUT2D eigenvalue weighted by Gasteiger charge is 2.63. The second kappa shape index (κ2) is 11.2. The number of ether oxygens (including phenoxy) is 5. The van der Waals surface area contributed by atoms with Crippen LogP contribution in [0.15, 0.2) is 45.1 Å². The predicted octanol–water partition coefficient (Wildman–Crippen LogP) is 2.06. The number of carbonyl (C=O) groups is 3. The minimum atomic E-state index is -2.07. The highest BCUT2D eigenvalue weighted by Crippen LogP contribution is 2.56. The number of nitrogens with zero attached hydrogens (tertiary/aromatic N) is 2. The van der Waals surface area contributed by atoms with E-state index >= 15 is 4.79 Å². The minimum Gasteiger partial charge on any atom is -0.496 e. The number of halogens is 1. The summed E-state index contributed by atoms with van der Waals surface area (Å²) in [4.78, 5) is 67.7. The molecule has 0 saturated heterocycles. The Balaban J connectivity index is 1.59. The molecule has 3 N–H and O–H groups in total. The molecule has 0 fully saturated rings. The maximum absolute atomic E-state index is 15.0. The van der Waals surface area contributed by atoms with Crippen LogP contribution in [-0.2, 0) is 23.7 Å². The first-order valence-electron chi connectivity index (χ1n) is 14.4. The Labute approximate surface area is 272 Å². The molecular weight excluding hydrogens is 636 g/mol. The average Bonchev–Trinajstić information content (AvgIpc) is 3.38. The van der Waals surface area contributed by atoms with Crippen molar-refractivity contribution in [2.45, 2.75) is 24.9 Å². The number of hydrogen-bond donors (Lipinski definition) is 2. The summed E-state index contributed by atoms with van der Waals surface area (Å²) in [6.45, 7) is 1.28. The van der Waals surface area contributed by atoms with Crippen LogP contribution >= 0.6 is 11.6 Å². The first kappa shape index (κ1) is 31.7. The number of allylic oxidation sites excluding steroid dienone is 1. The van der Waals surface area contributed by atoms with Crippen LogP contribution in [0.5, 0.6) is 28.7 Å². The first-order chi connectivity index (χ1) is 22.3. The quantitative estimate of drug-likeness (QED) is 0.353. The third-order valence-corrected chi connectivity index (χ3v) is 9.32. The number of nitrogens with one attached hydrogen (secondary N) is 1. The number of hydrogen-bond acceptors (Lipinski definition) is 11. The highest BCUT2D eigenvalue weighted by molar-refractivity contribution is 6.36. The fourth-order valence-electron chi connectivity index (χ4n) is 6.65. The van der Waals surface area contributed by atoms with Crippen molar-refractivity contribution in [2.24, 2.45) is 25.7 Å². The molecule has 3 atom stereocenters. The number of benzene rings is 2. The van der Waals surface area contributed by atoms with Gasteiger partial charge in [0.2, 0.25) is 17.2 Å². The van der Waals surface area contributed by atoms with Gasteiger partial charge < -0.3 is 34.7 Å². The van der Waals surface area contributed by atoms with Crippen molar-refractivity contribution in [3.63, 3.8) is 0 Å². The molecule has 246 valence electrons. The first-order valence-corrected chi connectivity index (χ1v) is 14.8. The molecule has 1 aliphatic carbocycles. The molecule has 47 heavy (non-hydrogen) atoms. The second-order valence-corrected chi connectivity index (χ2v) is 11.9. The predicted molar refractivity (Wildman–Crippen MR) is 168 cm³/mol. The summed E-state index contributed by atoms with van der Waals surface area (Å²) in [6, 6.07) is 6.12. The van der Waals surface area contributed by atoms with Gasteiger partial charge in [-0.1, -0.05) is 24.6 Å². The highest BCUT2D eigenvalue weighted by atomic mass is 35.5. The van der Waals surface area contributed by atoms with Crippen molar-refractivity contribution >= 4 is 34.9 Å². The van der Waals surface area contributed by atoms with Gasteiger partial charge >= 0.3 is 5.69 Å². The summed E-state index contributed by atoms with van der Waals surface area (Å²) >= 11 is 6.61. The molecule has 0 saturated carbocycles. The topological polar surface area (TPSA) is 179 Å². The van der Waals surface area contributed by atoms with Gasteiger partial charge in [0.1, 0.15) is 27.9 Å². The van der Waals surface area contributed by atoms with Crippen LogP contribution in [-0.4, -0.2) is 60.1 Å². The number of ketones is 2. The number of primary amides is 1. The molecule has 15 heteroatoms. The molecule has 1 unspecified atom stereocenters. The van der Waals surface area contributed by atoms with Crippen molar-refractivity contribution in [3.05, 3.63) is 78.1 Å². The van der Waals surface area contributed by atoms with Crippen LogP contribution in [0.2, 0.25) is 5.02 Å². The van der Waals surface area contributed by atoms with Gasteiger partial charge in [-0.15, -0.1) is 0 Å². The summed E-state index contributed by atoms with van der Waals surface area (Å²) in [5.41, 5.74) is 2.92. The van der Waals surface area contributed by atoms with E-state index in [-0.39, 0.29) is 62.7 Å². The zero-order valence-electron chi connectivity index (χ0n) is 26.3. The summed E-state index contributed by atoms with van der Waals surface area (Å²) in [6.07, 6.45) is 0.119. The monoisotopic (exact) mass is 666 g/mol. The van der Waals surface area contributed by atoms with E-state index in [9.17, 15) is 19.2 Å². The molecule has 1 amide bonds. The Morgan fingerprint density at radius 3 is 2.32 bits per heavy atom. The third kappa shape index (κ3) is 4.42. The number of Topliss-reactive ketones (excluding diaryl/α,β-unsaturated/α-hetero) is 2. The smallest absolute Gasteiger partial charge is 0.332 e. The van der Waals surface area contributed by atoms with Crippen molar-refractivity contribution < 1.29 is 38.1 Å². The SMILES string of the molecule is COc1cc(C2C3=C(C[C@@H](C)[C@]4(Oc5c(Cl)c(OC)cc(OC)c5C4=O)C3=O)Nc3c2c(=O)n(C)c(=O)n3C)ccc1OCC(N)=O. The van der Waals surface area contributed by atoms with Crippen molar-refractivity contribution in [1.29, 1.82) is 0 Å². The van der Waals surface area contributed by atoms with Gasteiger partial charge in [0.15, 0.2) is 23.9 Å². The zero-order valence-corrected chi connectivity index (χ0v) is 27.1. The lowest BCUT2D eigenvalue weighted by Crippen LogP contribution is -2.58. The third-order valence-electron chi connectivity index (χ3n) is 8.97. The lowest BCUT2D eigenvalue weighted by atomic mass is 9.66. The number of anilines is 1. The van der Waals surface area contributed by atoms with E-state index in [0.717, 1.165) is 4.57 Å². The van der Waals surface area contributed by atoms with E-state index in [4.69, 9.17) is 41.0 Å². The standard InChI is InChI=1S/C32H31ClN4O10/c1-13-9-15-22(27(39)32(13)28(40)23-18(44-5)11-19(45-6)25(33)26(23)47-32)21(24-29(35-15)36(2)31(42)37(3)30(24)41)14-7-8-16(17(10-14)43-4)46-12-20(34)38/h7-8,10-11,13,21,35H,9,12H2,1-6H3,(H2,34,38)/t13-,21?,32+/m1/s1. The molecule has 3 heterocycles. The van der Waals surface area contributed by atoms with Crippen LogP contribution in [0.25, 0.3) is 0 Å². The van der Waals surface area contributed by atoms with Gasteiger partial charge in [-0.05, 0) is 24.1 Å². The Morgan fingerprint density at radius 2 is 1.68 bits per heavy atom. The van der Waals surface area contributed by atoms with E-state index in [1.807, 2.05) is 0 Å². The van der Waals surface area contributed by atoms with E-state index < -0.39 is 52.8 Å². The number of carbonyl (C=O) groups excluding carboxylic acids is 3. The molecule has 6 rings (SSSR count). The van der Waals surface area contributed by atoms with E-state index in [0.29, 0.717) is 11.3 Å². The number of nitrogens with two attached hydrogens (primary N) is 1. The fraction of sp³-hybridized carbons (Fsp3) is 0.344. The minimum absolute atomic E-state index is 0.000740. The molecular formula is C32H31ClN4O10. The Kier molecular flexibility index (Phi) is 7.58. The molecule has 0 bridgehead atoms. The summed E-state index contributed by atoms with van der Waals surface area (Å²) in [5, 5.41) is 3.16. The summed E-state index contributed by atoms with van der Waals surface area (Å²) in [5.74, 6) is -3.07. The number of methoxy groups -OCH3 is 3. The van der Waals surface area contributed by atoms with E-state index in [2.05, 4.69) is 5.32 Å². The molecule has 2 aromatic carbocycles. The van der Waals surface area contributed by atoms with Gasteiger partial charge in [-0.3, -0.25) is 28.3 Å². The number of fused-ring (bicyclic) bond motifs is 2. The lowest BCUT2D eigenvalue weighted by molar-refractivity contribution is -0.130. The molecule has 2 aliphatic heterocycles. The fourth-order valence-corrected chi connectivity index (χ4v) is 6.92. The van der Waals surface area contributed by atoms with E-state index in [1.54, 1.807) is 19.1 Å². The van der Waals surface area contributed by atoms with Gasteiger partial charge in [0.25, 0.3) is 11.5 Å². The van der Waals surface area contributed by atoms with Crippen LogP contribution in [0.1, 0.15) is 40.7 Å². The summed E-state index contributed by atoms with van der Waals surface area (Å²) < 4.78 is 30.5. The van der Waals surface area contributed by atoms with Gasteiger partial charge in [-0.25, -0.2) is 4.79 Å². The van der Waals surface area contributed by atoms with Gasteiger partial charge in [0, 0.05) is 43.3 Å². The number of rotatable bonds is 7. The average molecular weight is 667 g/mol. The van der Waals surface area contributed by atoms with Crippen molar-refractivity contribution in [2.75, 3.05) is 33.3 Å². The number of amides is 1. The molecule has 3 aromatic rings. The van der Waals surface area contributed by atoms with Crippen LogP contribution in [0.3, 0.4) is 0 Å². The number of aromatic nitrogens is 2. The summed E-state index contributed by atoms with van der Waals surface area (Å²) in [7, 11) is 7.00. The maximum Gasteiger partial charge on any atom is 0.332 e. The van der Waals surface area contributed by atoms with Gasteiger partial charge in [-0.2, -0.15) is 0 Å². The lowest BCUT2D eigenvalue weighted by Gasteiger charge is -2.42.